The molecule has 0 radical (unpaired) electrons. The first-order valence-corrected chi connectivity index (χ1v) is 4.11. The Morgan fingerprint density at radius 1 is 1.23 bits per heavy atom. The maximum atomic E-state index is 8.77. The molecule has 0 aliphatic carbocycles. The lowest BCUT2D eigenvalue weighted by atomic mass is 10.1. The summed E-state index contributed by atoms with van der Waals surface area (Å²) in [5, 5.41) is 9.81. The van der Waals surface area contributed by atoms with Crippen LogP contribution in [0.1, 0.15) is 16.7 Å². The SMILES string of the molecule is Cc1coc2c(C)cc(C#N)cc12. The van der Waals surface area contributed by atoms with Gasteiger partial charge in [0, 0.05) is 5.39 Å². The van der Waals surface area contributed by atoms with Gasteiger partial charge in [0.2, 0.25) is 0 Å². The molecule has 0 atom stereocenters. The molecule has 0 saturated carbocycles. The second-order valence-corrected chi connectivity index (χ2v) is 3.20. The van der Waals surface area contributed by atoms with E-state index < -0.39 is 0 Å². The highest BCUT2D eigenvalue weighted by atomic mass is 16.3. The Morgan fingerprint density at radius 3 is 2.69 bits per heavy atom. The van der Waals surface area contributed by atoms with Gasteiger partial charge in [-0.25, -0.2) is 0 Å². The number of aryl methyl sites for hydroxylation is 2. The lowest BCUT2D eigenvalue weighted by Crippen LogP contribution is -1.79. The molecule has 1 heterocycles. The maximum Gasteiger partial charge on any atom is 0.137 e. The van der Waals surface area contributed by atoms with Crippen LogP contribution in [0, 0.1) is 25.2 Å². The van der Waals surface area contributed by atoms with Crippen molar-refractivity contribution >= 4 is 11.0 Å². The van der Waals surface area contributed by atoms with Gasteiger partial charge in [0.05, 0.1) is 17.9 Å². The van der Waals surface area contributed by atoms with Crippen molar-refractivity contribution in [1.82, 2.24) is 0 Å². The Labute approximate surface area is 76.4 Å². The Kier molecular flexibility index (Phi) is 1.60. The molecular formula is C11H9NO. The summed E-state index contributed by atoms with van der Waals surface area (Å²) in [6, 6.07) is 5.84. The number of hydrogen-bond donors (Lipinski definition) is 0. The van der Waals surface area contributed by atoms with E-state index in [1.165, 1.54) is 0 Å². The molecule has 0 amide bonds. The summed E-state index contributed by atoms with van der Waals surface area (Å²) < 4.78 is 5.37. The number of rotatable bonds is 0. The molecule has 0 N–H and O–H groups in total. The molecule has 64 valence electrons. The van der Waals surface area contributed by atoms with Crippen LogP contribution in [0.4, 0.5) is 0 Å². The van der Waals surface area contributed by atoms with Gasteiger partial charge in [0.15, 0.2) is 0 Å². The number of benzene rings is 1. The highest BCUT2D eigenvalue weighted by Gasteiger charge is 2.06. The average molecular weight is 171 g/mol. The minimum atomic E-state index is 0.689. The monoisotopic (exact) mass is 171 g/mol. The lowest BCUT2D eigenvalue weighted by molar-refractivity contribution is 0.610. The van der Waals surface area contributed by atoms with Gasteiger partial charge in [-0.1, -0.05) is 0 Å². The number of fused-ring (bicyclic) bond motifs is 1. The quantitative estimate of drug-likeness (QED) is 0.611. The van der Waals surface area contributed by atoms with Crippen molar-refractivity contribution in [1.29, 1.82) is 5.26 Å². The summed E-state index contributed by atoms with van der Waals surface area (Å²) in [4.78, 5) is 0. The van der Waals surface area contributed by atoms with Gasteiger partial charge in [-0.2, -0.15) is 5.26 Å². The van der Waals surface area contributed by atoms with Gasteiger partial charge in [0.1, 0.15) is 5.58 Å². The minimum absolute atomic E-state index is 0.689. The first kappa shape index (κ1) is 7.88. The molecular weight excluding hydrogens is 162 g/mol. The van der Waals surface area contributed by atoms with Crippen molar-refractivity contribution in [3.8, 4) is 6.07 Å². The molecule has 2 rings (SSSR count). The third-order valence-electron chi connectivity index (χ3n) is 2.18. The van der Waals surface area contributed by atoms with Crippen molar-refractivity contribution < 1.29 is 4.42 Å². The zero-order valence-corrected chi connectivity index (χ0v) is 7.59. The molecule has 1 aromatic carbocycles. The molecule has 2 heteroatoms. The molecule has 0 saturated heterocycles. The van der Waals surface area contributed by atoms with Crippen molar-refractivity contribution in [3.05, 3.63) is 35.1 Å². The van der Waals surface area contributed by atoms with E-state index in [0.717, 1.165) is 22.1 Å². The molecule has 0 fully saturated rings. The first-order valence-electron chi connectivity index (χ1n) is 4.11. The van der Waals surface area contributed by atoms with Crippen molar-refractivity contribution in [2.24, 2.45) is 0 Å². The molecule has 2 nitrogen and oxygen atoms in total. The van der Waals surface area contributed by atoms with Gasteiger partial charge >= 0.3 is 0 Å². The van der Waals surface area contributed by atoms with Crippen LogP contribution in [0.5, 0.6) is 0 Å². The molecule has 1 aromatic heterocycles. The Balaban J connectivity index is 2.90. The summed E-state index contributed by atoms with van der Waals surface area (Å²) in [5.41, 5.74) is 3.67. The van der Waals surface area contributed by atoms with Crippen molar-refractivity contribution in [2.75, 3.05) is 0 Å². The smallest absolute Gasteiger partial charge is 0.137 e. The fraction of sp³-hybridized carbons (Fsp3) is 0.182. The van der Waals surface area contributed by atoms with Gasteiger partial charge in [-0.15, -0.1) is 0 Å². The van der Waals surface area contributed by atoms with Gasteiger partial charge in [0.25, 0.3) is 0 Å². The summed E-state index contributed by atoms with van der Waals surface area (Å²) >= 11 is 0. The zero-order chi connectivity index (χ0) is 9.42. The standard InChI is InChI=1S/C11H9NO/c1-7-3-9(5-12)4-10-8(2)6-13-11(7)10/h3-4,6H,1-2H3. The van der Waals surface area contributed by atoms with E-state index >= 15 is 0 Å². The highest BCUT2D eigenvalue weighted by Crippen LogP contribution is 2.24. The molecule has 0 unspecified atom stereocenters. The fourth-order valence-corrected chi connectivity index (χ4v) is 1.50. The number of nitriles is 1. The van der Waals surface area contributed by atoms with Crippen LogP contribution in [-0.4, -0.2) is 0 Å². The van der Waals surface area contributed by atoms with Gasteiger partial charge in [-0.05, 0) is 37.1 Å². The summed E-state index contributed by atoms with van der Waals surface area (Å²) in [6.07, 6.45) is 1.72. The van der Waals surface area contributed by atoms with Gasteiger partial charge in [-0.3, -0.25) is 0 Å². The lowest BCUT2D eigenvalue weighted by Gasteiger charge is -1.95. The van der Waals surface area contributed by atoms with E-state index in [1.807, 2.05) is 26.0 Å². The van der Waals surface area contributed by atoms with Crippen LogP contribution in [0.2, 0.25) is 0 Å². The average Bonchev–Trinajstić information content (AvgIpc) is 2.48. The van der Waals surface area contributed by atoms with Crippen LogP contribution < -0.4 is 0 Å². The van der Waals surface area contributed by atoms with E-state index in [-0.39, 0.29) is 0 Å². The Morgan fingerprint density at radius 2 is 2.00 bits per heavy atom. The normalized spacial score (nSPS) is 10.2. The zero-order valence-electron chi connectivity index (χ0n) is 7.59. The second kappa shape index (κ2) is 2.63. The third-order valence-corrected chi connectivity index (χ3v) is 2.18. The van der Waals surface area contributed by atoms with Crippen LogP contribution in [-0.2, 0) is 0 Å². The molecule has 0 aliphatic rings. The predicted octanol–water partition coefficient (Wildman–Crippen LogP) is 2.92. The Bertz CT molecular complexity index is 503. The molecule has 0 aliphatic heterocycles. The summed E-state index contributed by atoms with van der Waals surface area (Å²) in [5.74, 6) is 0. The van der Waals surface area contributed by atoms with E-state index in [2.05, 4.69) is 6.07 Å². The van der Waals surface area contributed by atoms with E-state index in [1.54, 1.807) is 6.26 Å². The van der Waals surface area contributed by atoms with Crippen LogP contribution in [0.25, 0.3) is 11.0 Å². The topological polar surface area (TPSA) is 36.9 Å². The number of furan rings is 1. The van der Waals surface area contributed by atoms with E-state index in [9.17, 15) is 0 Å². The Hall–Kier alpha value is -1.75. The maximum absolute atomic E-state index is 8.77. The van der Waals surface area contributed by atoms with E-state index in [0.29, 0.717) is 5.56 Å². The fourth-order valence-electron chi connectivity index (χ4n) is 1.50. The van der Waals surface area contributed by atoms with Crippen LogP contribution >= 0.6 is 0 Å². The number of nitrogens with zero attached hydrogens (tertiary/aromatic N) is 1. The summed E-state index contributed by atoms with van der Waals surface area (Å²) in [6.45, 7) is 3.93. The second-order valence-electron chi connectivity index (χ2n) is 3.20. The first-order chi connectivity index (χ1) is 6.22. The van der Waals surface area contributed by atoms with Crippen molar-refractivity contribution in [3.63, 3.8) is 0 Å². The van der Waals surface area contributed by atoms with Crippen molar-refractivity contribution in [2.45, 2.75) is 13.8 Å². The molecule has 0 spiro atoms. The van der Waals surface area contributed by atoms with Crippen LogP contribution in [0.15, 0.2) is 22.8 Å². The molecule has 13 heavy (non-hydrogen) atoms. The largest absolute Gasteiger partial charge is 0.464 e. The minimum Gasteiger partial charge on any atom is -0.464 e. The van der Waals surface area contributed by atoms with E-state index in [4.69, 9.17) is 9.68 Å². The van der Waals surface area contributed by atoms with Gasteiger partial charge < -0.3 is 4.42 Å². The number of hydrogen-bond acceptors (Lipinski definition) is 2. The molecule has 0 bridgehead atoms. The highest BCUT2D eigenvalue weighted by molar-refractivity contribution is 5.84. The molecule has 2 aromatic rings. The predicted molar refractivity (Wildman–Crippen MR) is 50.4 cm³/mol. The van der Waals surface area contributed by atoms with Crippen LogP contribution in [0.3, 0.4) is 0 Å². The summed E-state index contributed by atoms with van der Waals surface area (Å²) in [7, 11) is 0. The third kappa shape index (κ3) is 1.09.